The summed E-state index contributed by atoms with van der Waals surface area (Å²) in [6.07, 6.45) is 0.228. The van der Waals surface area contributed by atoms with Crippen LogP contribution in [0.4, 0.5) is 0 Å². The number of hydrogen-bond donors (Lipinski definition) is 0. The Bertz CT molecular complexity index is 1360. The number of rotatable bonds is 5. The molecule has 4 rings (SSSR count). The van der Waals surface area contributed by atoms with E-state index in [2.05, 4.69) is 0 Å². The third-order valence-electron chi connectivity index (χ3n) is 5.43. The van der Waals surface area contributed by atoms with E-state index in [1.54, 1.807) is 30.3 Å². The molecule has 5 nitrogen and oxygen atoms in total. The summed E-state index contributed by atoms with van der Waals surface area (Å²) in [5.41, 5.74) is 1.59. The van der Waals surface area contributed by atoms with Gasteiger partial charge in [0, 0.05) is 18.1 Å². The topological polar surface area (TPSA) is 71.5 Å². The Hall–Kier alpha value is -1.61. The fourth-order valence-electron chi connectivity index (χ4n) is 3.63. The monoisotopic (exact) mass is 529 g/mol. The van der Waals surface area contributed by atoms with Crippen LogP contribution in [-0.2, 0) is 19.9 Å². The smallest absolute Gasteiger partial charge is 0.223 e. The average Bonchev–Trinajstić information content (AvgIpc) is 3.28. The molecule has 0 amide bonds. The first-order valence-corrected chi connectivity index (χ1v) is 13.8. The van der Waals surface area contributed by atoms with E-state index in [9.17, 15) is 16.8 Å². The van der Waals surface area contributed by atoms with Gasteiger partial charge < -0.3 is 0 Å². The lowest BCUT2D eigenvalue weighted by Crippen LogP contribution is -2.32. The van der Waals surface area contributed by atoms with E-state index >= 15 is 0 Å². The maximum absolute atomic E-state index is 13.1. The van der Waals surface area contributed by atoms with Crippen molar-refractivity contribution in [3.63, 3.8) is 0 Å². The van der Waals surface area contributed by atoms with Gasteiger partial charge >= 0.3 is 0 Å². The molecule has 0 N–H and O–H groups in total. The molecule has 3 aromatic carbocycles. The molecule has 1 atom stereocenters. The minimum absolute atomic E-state index is 0.0954. The van der Waals surface area contributed by atoms with Gasteiger partial charge in [-0.05, 0) is 66.1 Å². The van der Waals surface area contributed by atoms with Gasteiger partial charge in [0.15, 0.2) is 9.84 Å². The Balaban J connectivity index is 1.54. The Kier molecular flexibility index (Phi) is 6.60. The lowest BCUT2D eigenvalue weighted by molar-refractivity contribution is 0.476. The van der Waals surface area contributed by atoms with E-state index in [0.29, 0.717) is 15.1 Å². The van der Waals surface area contributed by atoms with Crippen LogP contribution in [0, 0.1) is 0 Å². The van der Waals surface area contributed by atoms with Crippen molar-refractivity contribution in [2.75, 3.05) is 13.1 Å². The first-order chi connectivity index (χ1) is 15.1. The number of halogens is 3. The van der Waals surface area contributed by atoms with Gasteiger partial charge in [-0.15, -0.1) is 0 Å². The van der Waals surface area contributed by atoms with E-state index < -0.39 is 25.1 Å². The second-order valence-electron chi connectivity index (χ2n) is 7.43. The first-order valence-electron chi connectivity index (χ1n) is 9.64. The van der Waals surface area contributed by atoms with Crippen LogP contribution < -0.4 is 0 Å². The summed E-state index contributed by atoms with van der Waals surface area (Å²) in [4.78, 5) is 0.239. The van der Waals surface area contributed by atoms with Crippen LogP contribution in [0.15, 0.2) is 76.5 Å². The summed E-state index contributed by atoms with van der Waals surface area (Å²) in [5.74, 6) is 0. The summed E-state index contributed by atoms with van der Waals surface area (Å²) in [5, 5.41) is 0.468. The molecule has 1 unspecified atom stereocenters. The van der Waals surface area contributed by atoms with E-state index in [0.717, 1.165) is 11.1 Å². The van der Waals surface area contributed by atoms with E-state index in [1.807, 2.05) is 0 Å². The van der Waals surface area contributed by atoms with Crippen LogP contribution in [-0.4, -0.2) is 39.5 Å². The molecule has 3 aromatic rings. The maximum atomic E-state index is 13.1. The third kappa shape index (κ3) is 4.55. The van der Waals surface area contributed by atoms with Crippen LogP contribution in [0.25, 0.3) is 11.1 Å². The molecule has 10 heteroatoms. The highest BCUT2D eigenvalue weighted by Gasteiger charge is 2.39. The molecule has 0 spiro atoms. The highest BCUT2D eigenvalue weighted by Crippen LogP contribution is 2.31. The van der Waals surface area contributed by atoms with Crippen molar-refractivity contribution >= 4 is 54.7 Å². The lowest BCUT2D eigenvalue weighted by atomic mass is 10.1. The summed E-state index contributed by atoms with van der Waals surface area (Å²) in [6.45, 7) is 0.0379. The second kappa shape index (κ2) is 8.97. The number of hydrogen-bond acceptors (Lipinski definition) is 4. The second-order valence-corrected chi connectivity index (χ2v) is 12.8. The molecule has 0 aliphatic carbocycles. The number of sulfone groups is 1. The van der Waals surface area contributed by atoms with Gasteiger partial charge in [0.05, 0.1) is 25.1 Å². The van der Waals surface area contributed by atoms with E-state index in [1.165, 1.54) is 40.7 Å². The maximum Gasteiger partial charge on any atom is 0.243 e. The molecular weight excluding hydrogens is 513 g/mol. The fourth-order valence-corrected chi connectivity index (χ4v) is 7.34. The van der Waals surface area contributed by atoms with Crippen LogP contribution in [0.3, 0.4) is 0 Å². The largest absolute Gasteiger partial charge is 0.243 e. The first kappa shape index (κ1) is 23.5. The van der Waals surface area contributed by atoms with Crippen molar-refractivity contribution in [1.82, 2.24) is 4.31 Å². The van der Waals surface area contributed by atoms with Gasteiger partial charge in [-0.2, -0.15) is 4.31 Å². The number of nitrogens with zero attached hydrogens (tertiary/aromatic N) is 1. The SMILES string of the molecule is O=S(=O)(c1ccc(Cl)cc1)C1CCN(S(=O)(=O)c2ccc(-c3ccc(Cl)c(Cl)c3)cc2)C1. The molecule has 0 radical (unpaired) electrons. The van der Waals surface area contributed by atoms with E-state index in [4.69, 9.17) is 34.8 Å². The molecule has 1 saturated heterocycles. The zero-order valence-corrected chi connectivity index (χ0v) is 20.5. The van der Waals surface area contributed by atoms with Crippen LogP contribution in [0.5, 0.6) is 0 Å². The zero-order chi connectivity index (χ0) is 23.1. The van der Waals surface area contributed by atoms with Crippen molar-refractivity contribution in [3.8, 4) is 11.1 Å². The third-order valence-corrected chi connectivity index (χ3v) is 10.5. The minimum Gasteiger partial charge on any atom is -0.223 e. The summed E-state index contributed by atoms with van der Waals surface area (Å²) < 4.78 is 53.3. The van der Waals surface area contributed by atoms with Crippen LogP contribution in [0.2, 0.25) is 15.1 Å². The Morgan fingerprint density at radius 3 is 1.94 bits per heavy atom. The van der Waals surface area contributed by atoms with Gasteiger partial charge in [0.2, 0.25) is 10.0 Å². The van der Waals surface area contributed by atoms with Crippen molar-refractivity contribution in [2.45, 2.75) is 21.5 Å². The van der Waals surface area contributed by atoms with Gasteiger partial charge in [-0.25, -0.2) is 16.8 Å². The highest BCUT2D eigenvalue weighted by molar-refractivity contribution is 7.92. The molecule has 168 valence electrons. The highest BCUT2D eigenvalue weighted by atomic mass is 35.5. The van der Waals surface area contributed by atoms with Gasteiger partial charge in [-0.3, -0.25) is 0 Å². The summed E-state index contributed by atoms with van der Waals surface area (Å²) in [6, 6.07) is 17.5. The molecular formula is C22H18Cl3NO4S2. The molecule has 1 heterocycles. The molecule has 0 saturated carbocycles. The molecule has 1 fully saturated rings. The van der Waals surface area contributed by atoms with Crippen molar-refractivity contribution in [1.29, 1.82) is 0 Å². The van der Waals surface area contributed by atoms with Crippen LogP contribution >= 0.6 is 34.8 Å². The predicted octanol–water partition coefficient (Wildman–Crippen LogP) is 5.55. The zero-order valence-electron chi connectivity index (χ0n) is 16.6. The average molecular weight is 531 g/mol. The molecule has 1 aliphatic heterocycles. The fraction of sp³-hybridized carbons (Fsp3) is 0.182. The minimum atomic E-state index is -3.83. The molecule has 32 heavy (non-hydrogen) atoms. The summed E-state index contributed by atoms with van der Waals surface area (Å²) >= 11 is 17.9. The van der Waals surface area contributed by atoms with Crippen molar-refractivity contribution in [2.24, 2.45) is 0 Å². The Morgan fingerprint density at radius 1 is 0.719 bits per heavy atom. The van der Waals surface area contributed by atoms with Gasteiger partial charge in [0.1, 0.15) is 0 Å². The van der Waals surface area contributed by atoms with Crippen molar-refractivity contribution < 1.29 is 16.8 Å². The quantitative estimate of drug-likeness (QED) is 0.433. The molecule has 1 aliphatic rings. The van der Waals surface area contributed by atoms with Crippen LogP contribution in [0.1, 0.15) is 6.42 Å². The van der Waals surface area contributed by atoms with Crippen molar-refractivity contribution in [3.05, 3.63) is 81.8 Å². The standard InChI is InChI=1S/C22H18Cl3NO4S2/c23-17-4-8-18(9-5-17)31(27,28)20-11-12-26(14-20)32(29,30)19-6-1-15(2-7-19)16-3-10-21(24)22(25)13-16/h1-10,13,20H,11-12,14H2. The molecule has 0 aromatic heterocycles. The normalized spacial score (nSPS) is 17.5. The Morgan fingerprint density at radius 2 is 1.31 bits per heavy atom. The lowest BCUT2D eigenvalue weighted by Gasteiger charge is -2.17. The Labute approximate surface area is 202 Å². The molecule has 0 bridgehead atoms. The summed E-state index contributed by atoms with van der Waals surface area (Å²) in [7, 11) is -7.50. The number of sulfonamides is 1. The predicted molar refractivity (Wildman–Crippen MR) is 128 cm³/mol. The van der Waals surface area contributed by atoms with Gasteiger partial charge in [0.25, 0.3) is 0 Å². The number of benzene rings is 3. The van der Waals surface area contributed by atoms with Gasteiger partial charge in [-0.1, -0.05) is 53.0 Å². The van der Waals surface area contributed by atoms with E-state index in [-0.39, 0.29) is 29.3 Å².